The molecule has 0 aromatic carbocycles. The lowest BCUT2D eigenvalue weighted by Crippen LogP contribution is -2.19. The Morgan fingerprint density at radius 3 is 3.00 bits per heavy atom. The van der Waals surface area contributed by atoms with Gasteiger partial charge in [-0.05, 0) is 37.7 Å². The number of allylic oxidation sites excluding steroid dienone is 1. The topological polar surface area (TPSA) is 26.3 Å². The van der Waals surface area contributed by atoms with E-state index in [9.17, 15) is 4.79 Å². The van der Waals surface area contributed by atoms with Gasteiger partial charge in [0, 0.05) is 17.4 Å². The van der Waals surface area contributed by atoms with Gasteiger partial charge in [-0.15, -0.1) is 0 Å². The molecule has 15 heavy (non-hydrogen) atoms. The van der Waals surface area contributed by atoms with Crippen molar-refractivity contribution in [2.45, 2.75) is 37.7 Å². The predicted molar refractivity (Wildman–Crippen MR) is 55.1 cm³/mol. The summed E-state index contributed by atoms with van der Waals surface area (Å²) in [4.78, 5) is 11.8. The third kappa shape index (κ3) is 0.768. The minimum absolute atomic E-state index is 0.00694. The fourth-order valence-corrected chi connectivity index (χ4v) is 3.84. The van der Waals surface area contributed by atoms with Crippen LogP contribution in [-0.2, 0) is 9.53 Å². The fourth-order valence-electron chi connectivity index (χ4n) is 3.84. The number of hydrogen-bond donors (Lipinski definition) is 0. The van der Waals surface area contributed by atoms with Crippen LogP contribution in [0.3, 0.4) is 0 Å². The highest BCUT2D eigenvalue weighted by atomic mass is 16.6. The first-order valence-electron chi connectivity index (χ1n) is 5.96. The maximum Gasteiger partial charge on any atom is 0.335 e. The molecule has 2 heteroatoms. The van der Waals surface area contributed by atoms with E-state index in [1.54, 1.807) is 0 Å². The standard InChI is InChI=1S/C13H14O2/c14-12-8-4-1-2-5-9(8)13(15-12)10-6-3-7-11(10)13/h3,6,10-11H,1-2,4-5,7H2/t10?,11?,13-/m1/s1. The van der Waals surface area contributed by atoms with Crippen molar-refractivity contribution < 1.29 is 9.53 Å². The van der Waals surface area contributed by atoms with Gasteiger partial charge in [0.1, 0.15) is 5.60 Å². The molecule has 0 amide bonds. The second kappa shape index (κ2) is 2.37. The third-order valence-corrected chi connectivity index (χ3v) is 4.55. The van der Waals surface area contributed by atoms with Crippen molar-refractivity contribution in [2.75, 3.05) is 0 Å². The normalized spacial score (nSPS) is 45.7. The van der Waals surface area contributed by atoms with Gasteiger partial charge in [0.25, 0.3) is 0 Å². The molecule has 0 bridgehead atoms. The van der Waals surface area contributed by atoms with E-state index >= 15 is 0 Å². The monoisotopic (exact) mass is 202 g/mol. The van der Waals surface area contributed by atoms with E-state index in [1.165, 1.54) is 12.0 Å². The molecule has 1 aliphatic heterocycles. The Morgan fingerprint density at radius 2 is 2.20 bits per heavy atom. The molecule has 1 saturated carbocycles. The SMILES string of the molecule is O=C1O[C@]2(C3=C1CCCC3)C1C=CCC12. The summed E-state index contributed by atoms with van der Waals surface area (Å²) in [6.07, 6.45) is 10.0. The van der Waals surface area contributed by atoms with Crippen molar-refractivity contribution in [1.29, 1.82) is 0 Å². The summed E-state index contributed by atoms with van der Waals surface area (Å²) in [5.41, 5.74) is 2.27. The molecular formula is C13H14O2. The van der Waals surface area contributed by atoms with Gasteiger partial charge in [-0.3, -0.25) is 0 Å². The Morgan fingerprint density at radius 1 is 1.33 bits per heavy atom. The van der Waals surface area contributed by atoms with Crippen LogP contribution in [0, 0.1) is 11.8 Å². The summed E-state index contributed by atoms with van der Waals surface area (Å²) in [5, 5.41) is 0. The van der Waals surface area contributed by atoms with E-state index in [1.807, 2.05) is 0 Å². The van der Waals surface area contributed by atoms with Crippen molar-refractivity contribution in [3.05, 3.63) is 23.3 Å². The molecule has 1 spiro atoms. The average Bonchev–Trinajstić information content (AvgIpc) is 2.67. The van der Waals surface area contributed by atoms with E-state index in [-0.39, 0.29) is 11.6 Å². The number of fused-ring (bicyclic) bond motifs is 4. The second-order valence-electron chi connectivity index (χ2n) is 5.14. The molecule has 4 aliphatic rings. The van der Waals surface area contributed by atoms with Crippen molar-refractivity contribution in [3.63, 3.8) is 0 Å². The fraction of sp³-hybridized carbons (Fsp3) is 0.615. The molecule has 0 aromatic rings. The van der Waals surface area contributed by atoms with Crippen LogP contribution < -0.4 is 0 Å². The lowest BCUT2D eigenvalue weighted by Gasteiger charge is -2.18. The first-order chi connectivity index (χ1) is 7.34. The van der Waals surface area contributed by atoms with E-state index in [2.05, 4.69) is 12.2 Å². The Labute approximate surface area is 89.0 Å². The van der Waals surface area contributed by atoms with Crippen LogP contribution in [0.15, 0.2) is 23.3 Å². The molecule has 2 nitrogen and oxygen atoms in total. The zero-order valence-corrected chi connectivity index (χ0v) is 8.66. The van der Waals surface area contributed by atoms with Crippen LogP contribution in [0.25, 0.3) is 0 Å². The average molecular weight is 202 g/mol. The van der Waals surface area contributed by atoms with Crippen LogP contribution in [0.5, 0.6) is 0 Å². The Hall–Kier alpha value is -1.05. The highest BCUT2D eigenvalue weighted by Gasteiger charge is 2.72. The van der Waals surface area contributed by atoms with Crippen molar-refractivity contribution in [2.24, 2.45) is 11.8 Å². The Balaban J connectivity index is 1.82. The zero-order chi connectivity index (χ0) is 10.0. The summed E-state index contributed by atoms with van der Waals surface area (Å²) in [5.74, 6) is 1.10. The van der Waals surface area contributed by atoms with E-state index in [0.29, 0.717) is 11.8 Å². The second-order valence-corrected chi connectivity index (χ2v) is 5.14. The summed E-state index contributed by atoms with van der Waals surface area (Å²) in [7, 11) is 0. The quantitative estimate of drug-likeness (QED) is 0.445. The van der Waals surface area contributed by atoms with E-state index in [4.69, 9.17) is 4.74 Å². The maximum atomic E-state index is 11.8. The van der Waals surface area contributed by atoms with Gasteiger partial charge < -0.3 is 4.74 Å². The first-order valence-corrected chi connectivity index (χ1v) is 5.96. The molecule has 3 atom stereocenters. The largest absolute Gasteiger partial charge is 0.450 e. The molecule has 0 saturated heterocycles. The van der Waals surface area contributed by atoms with Gasteiger partial charge >= 0.3 is 5.97 Å². The van der Waals surface area contributed by atoms with Crippen molar-refractivity contribution in [3.8, 4) is 0 Å². The van der Waals surface area contributed by atoms with Gasteiger partial charge in [-0.2, -0.15) is 0 Å². The Kier molecular flexibility index (Phi) is 1.29. The number of esters is 1. The molecule has 3 aliphatic carbocycles. The minimum atomic E-state index is -0.137. The van der Waals surface area contributed by atoms with Gasteiger partial charge in [0.2, 0.25) is 0 Å². The molecule has 0 aromatic heterocycles. The van der Waals surface area contributed by atoms with Crippen molar-refractivity contribution >= 4 is 5.97 Å². The van der Waals surface area contributed by atoms with Gasteiger partial charge in [-0.25, -0.2) is 4.79 Å². The number of rotatable bonds is 0. The predicted octanol–water partition coefficient (Wildman–Crippen LogP) is 2.36. The van der Waals surface area contributed by atoms with Crippen LogP contribution in [-0.4, -0.2) is 11.6 Å². The molecule has 78 valence electrons. The van der Waals surface area contributed by atoms with Gasteiger partial charge in [0.05, 0.1) is 0 Å². The van der Waals surface area contributed by atoms with E-state index in [0.717, 1.165) is 31.3 Å². The van der Waals surface area contributed by atoms with Gasteiger partial charge in [0.15, 0.2) is 0 Å². The molecular weight excluding hydrogens is 188 g/mol. The lowest BCUT2D eigenvalue weighted by atomic mass is 9.87. The highest BCUT2D eigenvalue weighted by Crippen LogP contribution is 2.67. The maximum absolute atomic E-state index is 11.8. The molecule has 0 radical (unpaired) electrons. The van der Waals surface area contributed by atoms with Crippen LogP contribution in [0.4, 0.5) is 0 Å². The first kappa shape index (κ1) is 8.14. The summed E-state index contributed by atoms with van der Waals surface area (Å²) in [6.45, 7) is 0. The molecule has 2 unspecified atom stereocenters. The number of carbonyl (C=O) groups excluding carboxylic acids is 1. The number of hydrogen-bond acceptors (Lipinski definition) is 2. The molecule has 1 heterocycles. The highest BCUT2D eigenvalue weighted by molar-refractivity contribution is 5.94. The van der Waals surface area contributed by atoms with Crippen LogP contribution in [0.2, 0.25) is 0 Å². The van der Waals surface area contributed by atoms with Crippen LogP contribution in [0.1, 0.15) is 32.1 Å². The Bertz CT molecular complexity index is 418. The number of carbonyl (C=O) groups is 1. The van der Waals surface area contributed by atoms with Crippen molar-refractivity contribution in [1.82, 2.24) is 0 Å². The smallest absolute Gasteiger partial charge is 0.335 e. The summed E-state index contributed by atoms with van der Waals surface area (Å²) < 4.78 is 5.71. The lowest BCUT2D eigenvalue weighted by molar-refractivity contribution is -0.142. The third-order valence-electron chi connectivity index (χ3n) is 4.55. The molecule has 4 rings (SSSR count). The van der Waals surface area contributed by atoms with Crippen LogP contribution >= 0.6 is 0 Å². The van der Waals surface area contributed by atoms with Gasteiger partial charge in [-0.1, -0.05) is 12.2 Å². The summed E-state index contributed by atoms with van der Waals surface area (Å²) >= 11 is 0. The zero-order valence-electron chi connectivity index (χ0n) is 8.66. The minimum Gasteiger partial charge on any atom is -0.450 e. The summed E-state index contributed by atoms with van der Waals surface area (Å²) in [6, 6.07) is 0. The molecule has 1 fully saturated rings. The number of ether oxygens (including phenoxy) is 1. The molecule has 0 N–H and O–H groups in total. The van der Waals surface area contributed by atoms with E-state index < -0.39 is 0 Å².